The van der Waals surface area contributed by atoms with Crippen LogP contribution >= 0.6 is 12.4 Å². The van der Waals surface area contributed by atoms with E-state index in [4.69, 9.17) is 5.11 Å². The Balaban J connectivity index is 0.00000242. The van der Waals surface area contributed by atoms with Gasteiger partial charge in [0.1, 0.15) is 12.6 Å². The third-order valence-electron chi connectivity index (χ3n) is 3.55. The zero-order valence-corrected chi connectivity index (χ0v) is 12.6. The zero-order chi connectivity index (χ0) is 15.5. The smallest absolute Gasteiger partial charge is 0.289 e. The Morgan fingerprint density at radius 2 is 1.86 bits per heavy atom. The molecule has 0 aliphatic carbocycles. The number of aliphatic hydroxyl groups is 1. The number of non-ortho nitro benzene ring substituents is 1. The number of nitro benzene ring substituents is 1. The molecule has 1 fully saturated rings. The highest BCUT2D eigenvalue weighted by Gasteiger charge is 2.44. The van der Waals surface area contributed by atoms with Crippen molar-refractivity contribution >= 4 is 18.1 Å². The fourth-order valence-electron chi connectivity index (χ4n) is 2.53. The standard InChI is InChI=1S/C13H17F2N3O3.ClH/c14-13(15,9-19)12(17-7-5-16-6-8-17)10-1-3-11(4-2-10)18(20)21;/h1-4,12,16,19H,5-9H2;1H/t12-;/m1./s1. The molecule has 1 aromatic carbocycles. The zero-order valence-electron chi connectivity index (χ0n) is 11.7. The Hall–Kier alpha value is -1.35. The lowest BCUT2D eigenvalue weighted by molar-refractivity contribution is -0.384. The lowest BCUT2D eigenvalue weighted by Gasteiger charge is -2.38. The molecule has 0 unspecified atom stereocenters. The van der Waals surface area contributed by atoms with E-state index in [9.17, 15) is 18.9 Å². The van der Waals surface area contributed by atoms with Gasteiger partial charge >= 0.3 is 0 Å². The number of aliphatic hydroxyl groups excluding tert-OH is 1. The molecule has 2 N–H and O–H groups in total. The number of hydrogen-bond donors (Lipinski definition) is 2. The average Bonchev–Trinajstić information content (AvgIpc) is 2.49. The van der Waals surface area contributed by atoms with E-state index in [2.05, 4.69) is 5.32 Å². The van der Waals surface area contributed by atoms with Crippen molar-refractivity contribution in [3.63, 3.8) is 0 Å². The van der Waals surface area contributed by atoms with Crippen LogP contribution in [0.5, 0.6) is 0 Å². The van der Waals surface area contributed by atoms with Crippen LogP contribution in [0.15, 0.2) is 24.3 Å². The van der Waals surface area contributed by atoms with Crippen molar-refractivity contribution in [2.75, 3.05) is 32.8 Å². The fraction of sp³-hybridized carbons (Fsp3) is 0.538. The van der Waals surface area contributed by atoms with Gasteiger partial charge in [-0.15, -0.1) is 12.4 Å². The normalized spacial score (nSPS) is 17.6. The summed E-state index contributed by atoms with van der Waals surface area (Å²) in [6.45, 7) is 0.767. The number of halogens is 3. The van der Waals surface area contributed by atoms with Crippen molar-refractivity contribution in [3.8, 4) is 0 Å². The molecule has 1 atom stereocenters. The first-order chi connectivity index (χ1) is 9.95. The van der Waals surface area contributed by atoms with Crippen molar-refractivity contribution in [2.24, 2.45) is 0 Å². The van der Waals surface area contributed by atoms with Gasteiger partial charge in [0, 0.05) is 38.3 Å². The highest BCUT2D eigenvalue weighted by Crippen LogP contribution is 2.36. The third kappa shape index (κ3) is 4.10. The lowest BCUT2D eigenvalue weighted by Crippen LogP contribution is -2.51. The molecule has 1 aromatic rings. The van der Waals surface area contributed by atoms with E-state index in [0.717, 1.165) is 0 Å². The summed E-state index contributed by atoms with van der Waals surface area (Å²) in [5.41, 5.74) is 0.117. The second kappa shape index (κ2) is 7.77. The van der Waals surface area contributed by atoms with Crippen molar-refractivity contribution in [2.45, 2.75) is 12.0 Å². The van der Waals surface area contributed by atoms with Gasteiger partial charge in [-0.25, -0.2) is 8.78 Å². The minimum atomic E-state index is -3.31. The topological polar surface area (TPSA) is 78.6 Å². The molecule has 1 aliphatic rings. The minimum absolute atomic E-state index is 0. The molecule has 22 heavy (non-hydrogen) atoms. The number of nitrogens with zero attached hydrogens (tertiary/aromatic N) is 2. The van der Waals surface area contributed by atoms with E-state index in [-0.39, 0.29) is 23.7 Å². The Bertz CT molecular complexity index is 496. The molecule has 1 heterocycles. The van der Waals surface area contributed by atoms with Gasteiger partial charge in [0.2, 0.25) is 0 Å². The second-order valence-electron chi connectivity index (χ2n) is 4.96. The number of piperazine rings is 1. The lowest BCUT2D eigenvalue weighted by atomic mass is 9.98. The van der Waals surface area contributed by atoms with Crippen LogP contribution in [-0.4, -0.2) is 53.6 Å². The molecule has 0 radical (unpaired) electrons. The number of benzene rings is 1. The van der Waals surface area contributed by atoms with Crippen molar-refractivity contribution < 1.29 is 18.8 Å². The minimum Gasteiger partial charge on any atom is -0.390 e. The van der Waals surface area contributed by atoms with E-state index < -0.39 is 23.5 Å². The van der Waals surface area contributed by atoms with Gasteiger partial charge in [-0.1, -0.05) is 12.1 Å². The first-order valence-corrected chi connectivity index (χ1v) is 6.63. The van der Waals surface area contributed by atoms with Gasteiger partial charge in [-0.05, 0) is 5.56 Å². The first kappa shape index (κ1) is 18.7. The van der Waals surface area contributed by atoms with Crippen LogP contribution in [0.1, 0.15) is 11.6 Å². The quantitative estimate of drug-likeness (QED) is 0.630. The molecule has 1 saturated heterocycles. The SMILES string of the molecule is Cl.O=[N+]([O-])c1ccc([C@@H](N2CCNCC2)C(F)(F)CO)cc1. The monoisotopic (exact) mass is 337 g/mol. The summed E-state index contributed by atoms with van der Waals surface area (Å²) in [7, 11) is 0. The molecule has 6 nitrogen and oxygen atoms in total. The summed E-state index contributed by atoms with van der Waals surface area (Å²) in [6.07, 6.45) is 0. The number of rotatable bonds is 5. The summed E-state index contributed by atoms with van der Waals surface area (Å²) in [5.74, 6) is -3.31. The highest BCUT2D eigenvalue weighted by molar-refractivity contribution is 5.85. The molecular formula is C13H18ClF2N3O3. The largest absolute Gasteiger partial charge is 0.390 e. The van der Waals surface area contributed by atoms with Gasteiger partial charge in [-0.2, -0.15) is 0 Å². The number of alkyl halides is 2. The van der Waals surface area contributed by atoms with Gasteiger partial charge < -0.3 is 10.4 Å². The molecule has 0 saturated carbocycles. The fourth-order valence-corrected chi connectivity index (χ4v) is 2.53. The molecule has 0 bridgehead atoms. The molecule has 0 amide bonds. The van der Waals surface area contributed by atoms with Crippen LogP contribution < -0.4 is 5.32 Å². The summed E-state index contributed by atoms with van der Waals surface area (Å²) < 4.78 is 28.2. The number of nitrogens with one attached hydrogen (secondary N) is 1. The van der Waals surface area contributed by atoms with Gasteiger partial charge in [0.15, 0.2) is 0 Å². The molecule has 124 valence electrons. The van der Waals surface area contributed by atoms with E-state index in [0.29, 0.717) is 26.2 Å². The number of nitro groups is 1. The summed E-state index contributed by atoms with van der Waals surface area (Å²) in [6, 6.07) is 3.78. The summed E-state index contributed by atoms with van der Waals surface area (Å²) >= 11 is 0. The molecule has 0 spiro atoms. The Morgan fingerprint density at radius 1 is 1.32 bits per heavy atom. The highest BCUT2D eigenvalue weighted by atomic mass is 35.5. The number of hydrogen-bond acceptors (Lipinski definition) is 5. The molecular weight excluding hydrogens is 320 g/mol. The van der Waals surface area contributed by atoms with E-state index in [1.165, 1.54) is 24.3 Å². The predicted molar refractivity (Wildman–Crippen MR) is 79.6 cm³/mol. The molecule has 9 heteroatoms. The maximum absolute atomic E-state index is 14.1. The van der Waals surface area contributed by atoms with Crippen molar-refractivity contribution in [3.05, 3.63) is 39.9 Å². The average molecular weight is 338 g/mol. The van der Waals surface area contributed by atoms with E-state index in [1.54, 1.807) is 4.90 Å². The van der Waals surface area contributed by atoms with Gasteiger partial charge in [0.05, 0.1) is 4.92 Å². The van der Waals surface area contributed by atoms with E-state index >= 15 is 0 Å². The maximum atomic E-state index is 14.1. The van der Waals surface area contributed by atoms with Crippen molar-refractivity contribution in [1.82, 2.24) is 10.2 Å². The van der Waals surface area contributed by atoms with Crippen LogP contribution in [0.25, 0.3) is 0 Å². The van der Waals surface area contributed by atoms with Crippen LogP contribution in [0.3, 0.4) is 0 Å². The first-order valence-electron chi connectivity index (χ1n) is 6.63. The Morgan fingerprint density at radius 3 is 2.32 bits per heavy atom. The molecule has 2 rings (SSSR count). The van der Waals surface area contributed by atoms with Crippen LogP contribution in [-0.2, 0) is 0 Å². The summed E-state index contributed by atoms with van der Waals surface area (Å²) in [4.78, 5) is 11.7. The maximum Gasteiger partial charge on any atom is 0.289 e. The van der Waals surface area contributed by atoms with Gasteiger partial charge in [-0.3, -0.25) is 15.0 Å². The summed E-state index contributed by atoms with van der Waals surface area (Å²) in [5, 5.41) is 22.7. The second-order valence-corrected chi connectivity index (χ2v) is 4.96. The van der Waals surface area contributed by atoms with Crippen LogP contribution in [0.4, 0.5) is 14.5 Å². The third-order valence-corrected chi connectivity index (χ3v) is 3.55. The van der Waals surface area contributed by atoms with Gasteiger partial charge in [0.25, 0.3) is 11.6 Å². The van der Waals surface area contributed by atoms with Crippen molar-refractivity contribution in [1.29, 1.82) is 0 Å². The van der Waals surface area contributed by atoms with E-state index in [1.807, 2.05) is 0 Å². The van der Waals surface area contributed by atoms with Crippen LogP contribution in [0, 0.1) is 10.1 Å². The molecule has 1 aliphatic heterocycles. The Labute approximate surface area is 132 Å². The molecule has 0 aromatic heterocycles. The van der Waals surface area contributed by atoms with Crippen LogP contribution in [0.2, 0.25) is 0 Å². The predicted octanol–water partition coefficient (Wildman–Crippen LogP) is 1.59. The Kier molecular flexibility index (Phi) is 6.61.